The zero-order chi connectivity index (χ0) is 7.68. The van der Waals surface area contributed by atoms with E-state index in [1.807, 2.05) is 0 Å². The number of hydrogen-bond acceptors (Lipinski definition) is 2. The third-order valence-electron chi connectivity index (χ3n) is 2.59. The molecule has 0 aromatic rings. The number of carbonyl (C=O) groups excluding carboxylic acids is 1. The Morgan fingerprint density at radius 2 is 2.18 bits per heavy atom. The highest BCUT2D eigenvalue weighted by Gasteiger charge is 2.31. The monoisotopic (exact) mass is 154 g/mol. The van der Waals surface area contributed by atoms with Gasteiger partial charge in [-0.2, -0.15) is 0 Å². The van der Waals surface area contributed by atoms with Crippen LogP contribution in [0.2, 0.25) is 0 Å². The lowest BCUT2D eigenvalue weighted by molar-refractivity contribution is -0.124. The maximum Gasteiger partial charge on any atom is 0.237 e. The number of hydrogen-bond donors (Lipinski definition) is 1. The van der Waals surface area contributed by atoms with E-state index in [9.17, 15) is 4.79 Å². The summed E-state index contributed by atoms with van der Waals surface area (Å²) in [5.41, 5.74) is 0. The first-order chi connectivity index (χ1) is 5.38. The molecular formula is C8H14N2O. The van der Waals surface area contributed by atoms with Crippen molar-refractivity contribution in [2.75, 3.05) is 19.6 Å². The first-order valence-electron chi connectivity index (χ1n) is 4.40. The van der Waals surface area contributed by atoms with Gasteiger partial charge in [0.05, 0.1) is 6.04 Å². The summed E-state index contributed by atoms with van der Waals surface area (Å²) in [6, 6.07) is 0.206. The van der Waals surface area contributed by atoms with Crippen molar-refractivity contribution in [3.8, 4) is 0 Å². The predicted octanol–water partition coefficient (Wildman–Crippen LogP) is -0.0293. The normalized spacial score (nSPS) is 32.7. The summed E-state index contributed by atoms with van der Waals surface area (Å²) in [6.45, 7) is 3.09. The molecule has 1 atom stereocenters. The van der Waals surface area contributed by atoms with Crippen molar-refractivity contribution in [1.82, 2.24) is 10.2 Å². The molecule has 0 unspecified atom stereocenters. The standard InChI is InChI=1S/C8H14N2O/c11-8-7-3-1-5-10(7)6-2-4-9-8/h7H,1-6H2,(H,9,11)/t7-/m1/s1. The Labute approximate surface area is 66.8 Å². The van der Waals surface area contributed by atoms with Gasteiger partial charge >= 0.3 is 0 Å². The quantitative estimate of drug-likeness (QED) is 0.531. The van der Waals surface area contributed by atoms with Crippen LogP contribution in [-0.2, 0) is 4.79 Å². The van der Waals surface area contributed by atoms with Gasteiger partial charge in [-0.3, -0.25) is 9.69 Å². The third kappa shape index (κ3) is 1.25. The van der Waals surface area contributed by atoms with Crippen LogP contribution in [0.5, 0.6) is 0 Å². The van der Waals surface area contributed by atoms with Crippen molar-refractivity contribution in [3.63, 3.8) is 0 Å². The van der Waals surface area contributed by atoms with Crippen molar-refractivity contribution in [2.24, 2.45) is 0 Å². The summed E-state index contributed by atoms with van der Waals surface area (Å²) in [6.07, 6.45) is 3.37. The van der Waals surface area contributed by atoms with Gasteiger partial charge in [-0.25, -0.2) is 0 Å². The minimum Gasteiger partial charge on any atom is -0.355 e. The van der Waals surface area contributed by atoms with Crippen molar-refractivity contribution < 1.29 is 4.79 Å². The molecule has 3 heteroatoms. The summed E-state index contributed by atoms with van der Waals surface area (Å²) in [5.74, 6) is 0.250. The van der Waals surface area contributed by atoms with Crippen molar-refractivity contribution in [3.05, 3.63) is 0 Å². The lowest BCUT2D eigenvalue weighted by Crippen LogP contribution is -2.39. The van der Waals surface area contributed by atoms with Gasteiger partial charge in [0, 0.05) is 13.1 Å². The van der Waals surface area contributed by atoms with Crippen LogP contribution in [-0.4, -0.2) is 36.5 Å². The largest absolute Gasteiger partial charge is 0.355 e. The van der Waals surface area contributed by atoms with Crippen LogP contribution in [0, 0.1) is 0 Å². The highest BCUT2D eigenvalue weighted by molar-refractivity contribution is 5.82. The molecule has 0 aliphatic carbocycles. The van der Waals surface area contributed by atoms with Gasteiger partial charge in [-0.15, -0.1) is 0 Å². The molecule has 0 radical (unpaired) electrons. The molecule has 2 heterocycles. The molecule has 2 fully saturated rings. The van der Waals surface area contributed by atoms with Gasteiger partial charge in [0.15, 0.2) is 0 Å². The number of fused-ring (bicyclic) bond motifs is 1. The average Bonchev–Trinajstić information content (AvgIpc) is 2.40. The number of carbonyl (C=O) groups is 1. The minimum atomic E-state index is 0.206. The van der Waals surface area contributed by atoms with Gasteiger partial charge in [0.1, 0.15) is 0 Å². The van der Waals surface area contributed by atoms with E-state index >= 15 is 0 Å². The van der Waals surface area contributed by atoms with Crippen LogP contribution in [0.25, 0.3) is 0 Å². The summed E-state index contributed by atoms with van der Waals surface area (Å²) in [4.78, 5) is 13.7. The maximum absolute atomic E-state index is 11.3. The first-order valence-corrected chi connectivity index (χ1v) is 4.40. The Bertz CT molecular complexity index is 169. The van der Waals surface area contributed by atoms with Crippen LogP contribution >= 0.6 is 0 Å². The van der Waals surface area contributed by atoms with Crippen molar-refractivity contribution in [2.45, 2.75) is 25.3 Å². The van der Waals surface area contributed by atoms with Crippen LogP contribution in [0.3, 0.4) is 0 Å². The summed E-state index contributed by atoms with van der Waals surface area (Å²) in [5, 5.41) is 2.94. The summed E-state index contributed by atoms with van der Waals surface area (Å²) >= 11 is 0. The molecule has 11 heavy (non-hydrogen) atoms. The van der Waals surface area contributed by atoms with Crippen LogP contribution in [0.4, 0.5) is 0 Å². The molecule has 1 N–H and O–H groups in total. The zero-order valence-corrected chi connectivity index (χ0v) is 6.68. The SMILES string of the molecule is O=C1NCCCN2CCC[C@H]12. The Kier molecular flexibility index (Phi) is 1.82. The number of rotatable bonds is 0. The Balaban J connectivity index is 2.09. The second kappa shape index (κ2) is 2.81. The van der Waals surface area contributed by atoms with E-state index in [0.29, 0.717) is 0 Å². The molecule has 0 aromatic carbocycles. The Morgan fingerprint density at radius 3 is 3.09 bits per heavy atom. The predicted molar refractivity (Wildman–Crippen MR) is 42.2 cm³/mol. The van der Waals surface area contributed by atoms with Crippen LogP contribution in [0.15, 0.2) is 0 Å². The molecule has 0 saturated carbocycles. The highest BCUT2D eigenvalue weighted by Crippen LogP contribution is 2.18. The molecule has 2 aliphatic rings. The van der Waals surface area contributed by atoms with Crippen molar-refractivity contribution in [1.29, 1.82) is 0 Å². The van der Waals surface area contributed by atoms with E-state index in [0.717, 1.165) is 32.5 Å². The van der Waals surface area contributed by atoms with E-state index in [4.69, 9.17) is 0 Å². The number of amides is 1. The molecular weight excluding hydrogens is 140 g/mol. The van der Waals surface area contributed by atoms with Gasteiger partial charge in [-0.05, 0) is 25.8 Å². The number of nitrogens with one attached hydrogen (secondary N) is 1. The van der Waals surface area contributed by atoms with E-state index in [-0.39, 0.29) is 11.9 Å². The van der Waals surface area contributed by atoms with E-state index < -0.39 is 0 Å². The minimum absolute atomic E-state index is 0.206. The number of nitrogens with zero attached hydrogens (tertiary/aromatic N) is 1. The molecule has 0 spiro atoms. The summed E-state index contributed by atoms with van der Waals surface area (Å²) in [7, 11) is 0. The lowest BCUT2D eigenvalue weighted by Gasteiger charge is -2.18. The molecule has 1 amide bonds. The highest BCUT2D eigenvalue weighted by atomic mass is 16.2. The van der Waals surface area contributed by atoms with E-state index in [2.05, 4.69) is 10.2 Å². The van der Waals surface area contributed by atoms with E-state index in [1.54, 1.807) is 0 Å². The van der Waals surface area contributed by atoms with E-state index in [1.165, 1.54) is 6.42 Å². The molecule has 2 saturated heterocycles. The fourth-order valence-electron chi connectivity index (χ4n) is 2.00. The smallest absolute Gasteiger partial charge is 0.237 e. The lowest BCUT2D eigenvalue weighted by atomic mass is 10.2. The van der Waals surface area contributed by atoms with Crippen LogP contribution in [0.1, 0.15) is 19.3 Å². The summed E-state index contributed by atoms with van der Waals surface area (Å²) < 4.78 is 0. The zero-order valence-electron chi connectivity index (χ0n) is 6.68. The first kappa shape index (κ1) is 7.10. The molecule has 62 valence electrons. The maximum atomic E-state index is 11.3. The molecule has 0 bridgehead atoms. The molecule has 0 aromatic heterocycles. The third-order valence-corrected chi connectivity index (χ3v) is 2.59. The fraction of sp³-hybridized carbons (Fsp3) is 0.875. The average molecular weight is 154 g/mol. The second-order valence-corrected chi connectivity index (χ2v) is 3.34. The fourth-order valence-corrected chi connectivity index (χ4v) is 2.00. The molecule has 3 nitrogen and oxygen atoms in total. The van der Waals surface area contributed by atoms with Crippen molar-refractivity contribution >= 4 is 5.91 Å². The molecule has 2 rings (SSSR count). The van der Waals surface area contributed by atoms with Gasteiger partial charge in [0.2, 0.25) is 5.91 Å². The molecule has 2 aliphatic heterocycles. The second-order valence-electron chi connectivity index (χ2n) is 3.34. The topological polar surface area (TPSA) is 32.3 Å². The Morgan fingerprint density at radius 1 is 1.36 bits per heavy atom. The van der Waals surface area contributed by atoms with Crippen LogP contribution < -0.4 is 5.32 Å². The van der Waals surface area contributed by atoms with Gasteiger partial charge < -0.3 is 5.32 Å². The van der Waals surface area contributed by atoms with Gasteiger partial charge in [-0.1, -0.05) is 0 Å². The Hall–Kier alpha value is -0.570. The van der Waals surface area contributed by atoms with Gasteiger partial charge in [0.25, 0.3) is 0 Å².